The van der Waals surface area contributed by atoms with Gasteiger partial charge in [-0.1, -0.05) is 0 Å². The third-order valence-electron chi connectivity index (χ3n) is 0.618. The number of rotatable bonds is 0. The topological polar surface area (TPSA) is 25.8 Å². The number of nitrogens with zero attached hydrogens (tertiary/aromatic N) is 2. The van der Waals surface area contributed by atoms with Gasteiger partial charge in [-0.15, -0.1) is 23.2 Å². The van der Waals surface area contributed by atoms with Gasteiger partial charge >= 0.3 is 16.5 Å². The van der Waals surface area contributed by atoms with Gasteiger partial charge in [-0.05, 0) is 0 Å². The molecular formula is C6H4Br2N2NiS2-2. The number of halogens is 2. The van der Waals surface area contributed by atoms with Crippen LogP contribution in [0, 0.1) is 12.4 Å². The van der Waals surface area contributed by atoms with Crippen molar-refractivity contribution in [1.29, 1.82) is 0 Å². The van der Waals surface area contributed by atoms with Crippen molar-refractivity contribution in [3.8, 4) is 0 Å². The fraction of sp³-hybridized carbons (Fsp3) is 0. The molecule has 2 aromatic rings. The van der Waals surface area contributed by atoms with Crippen LogP contribution in [0.2, 0.25) is 0 Å². The first-order chi connectivity index (χ1) is 5.00. The molecule has 0 amide bonds. The van der Waals surface area contributed by atoms with Crippen molar-refractivity contribution in [2.75, 3.05) is 0 Å². The SMILES string of the molecule is [Br-].[Br-].[Ni+2].[c-]1ccsn1.[c-]1ccsn1. The second-order valence-electron chi connectivity index (χ2n) is 1.26. The first-order valence-corrected chi connectivity index (χ1v) is 4.20. The predicted molar refractivity (Wildman–Crippen MR) is 41.9 cm³/mol. The molecular weight excluding hydrogens is 383 g/mol. The molecule has 0 saturated heterocycles. The van der Waals surface area contributed by atoms with Gasteiger partial charge < -0.3 is 42.7 Å². The van der Waals surface area contributed by atoms with Gasteiger partial charge in [0, 0.05) is 0 Å². The minimum Gasteiger partial charge on any atom is -1.00 e. The quantitative estimate of drug-likeness (QED) is 0.340. The Morgan fingerprint density at radius 2 is 1.23 bits per heavy atom. The molecule has 2 heterocycles. The molecule has 76 valence electrons. The van der Waals surface area contributed by atoms with Crippen molar-refractivity contribution in [3.63, 3.8) is 0 Å². The molecule has 0 aliphatic carbocycles. The Morgan fingerprint density at radius 1 is 0.846 bits per heavy atom. The zero-order valence-electron chi connectivity index (χ0n) is 6.09. The van der Waals surface area contributed by atoms with Crippen LogP contribution in [-0.4, -0.2) is 8.75 Å². The number of aromatic nitrogens is 2. The third kappa shape index (κ3) is 12.7. The Labute approximate surface area is 117 Å². The molecule has 0 fully saturated rings. The third-order valence-corrected chi connectivity index (χ3v) is 1.55. The van der Waals surface area contributed by atoms with Gasteiger partial charge in [0.1, 0.15) is 0 Å². The maximum Gasteiger partial charge on any atom is 2.00 e. The predicted octanol–water partition coefficient (Wildman–Crippen LogP) is -4.11. The molecule has 13 heavy (non-hydrogen) atoms. The van der Waals surface area contributed by atoms with E-state index in [4.69, 9.17) is 0 Å². The van der Waals surface area contributed by atoms with E-state index in [0.717, 1.165) is 0 Å². The van der Waals surface area contributed by atoms with Crippen LogP contribution in [0.5, 0.6) is 0 Å². The van der Waals surface area contributed by atoms with Gasteiger partial charge in [-0.2, -0.15) is 23.1 Å². The van der Waals surface area contributed by atoms with Gasteiger partial charge in [-0.3, -0.25) is 0 Å². The molecule has 2 nitrogen and oxygen atoms in total. The van der Waals surface area contributed by atoms with Crippen LogP contribution >= 0.6 is 23.1 Å². The van der Waals surface area contributed by atoms with Crippen LogP contribution in [0.1, 0.15) is 0 Å². The van der Waals surface area contributed by atoms with E-state index in [1.165, 1.54) is 23.1 Å². The standard InChI is InChI=1S/2C3H2NS.2BrH.Ni/c2*1-2-4-5-3-1;;;/h2*1,3H;2*1H;/q2*-1;;;+2/p-2. The smallest absolute Gasteiger partial charge is 1.00 e. The fourth-order valence-electron chi connectivity index (χ4n) is 0.304. The van der Waals surface area contributed by atoms with Crippen LogP contribution in [-0.2, 0) is 16.5 Å². The minimum atomic E-state index is 0. The van der Waals surface area contributed by atoms with E-state index in [1.54, 1.807) is 12.1 Å². The maximum atomic E-state index is 3.64. The number of hydrogen-bond donors (Lipinski definition) is 0. The summed E-state index contributed by atoms with van der Waals surface area (Å²) < 4.78 is 7.28. The van der Waals surface area contributed by atoms with Crippen molar-refractivity contribution in [2.24, 2.45) is 0 Å². The second-order valence-corrected chi connectivity index (χ2v) is 2.59. The summed E-state index contributed by atoms with van der Waals surface area (Å²) in [4.78, 5) is 0. The van der Waals surface area contributed by atoms with Crippen molar-refractivity contribution >= 4 is 23.1 Å². The molecule has 0 bridgehead atoms. The fourth-order valence-corrected chi connectivity index (χ4v) is 0.913. The van der Waals surface area contributed by atoms with Gasteiger partial charge in [0.15, 0.2) is 0 Å². The summed E-state index contributed by atoms with van der Waals surface area (Å²) in [6, 6.07) is 3.56. The van der Waals surface area contributed by atoms with Crippen LogP contribution in [0.15, 0.2) is 22.9 Å². The van der Waals surface area contributed by atoms with E-state index >= 15 is 0 Å². The average Bonchev–Trinajstić information content (AvgIpc) is 2.67. The Hall–Kier alpha value is 0.714. The van der Waals surface area contributed by atoms with Gasteiger partial charge in [-0.25, -0.2) is 12.1 Å². The first-order valence-electron chi connectivity index (χ1n) is 2.53. The summed E-state index contributed by atoms with van der Waals surface area (Å²) in [5.74, 6) is 0. The van der Waals surface area contributed by atoms with Crippen LogP contribution in [0.25, 0.3) is 0 Å². The summed E-state index contributed by atoms with van der Waals surface area (Å²) in [7, 11) is 0. The normalized spacial score (nSPS) is 6.15. The van der Waals surface area contributed by atoms with Gasteiger partial charge in [0.05, 0.1) is 0 Å². The Kier molecular flexibility index (Phi) is 22.6. The first kappa shape index (κ1) is 19.3. The van der Waals surface area contributed by atoms with E-state index in [0.29, 0.717) is 0 Å². The van der Waals surface area contributed by atoms with Crippen molar-refractivity contribution < 1.29 is 50.5 Å². The molecule has 0 radical (unpaired) electrons. The van der Waals surface area contributed by atoms with Crippen molar-refractivity contribution in [1.82, 2.24) is 8.75 Å². The number of hydrogen-bond acceptors (Lipinski definition) is 4. The van der Waals surface area contributed by atoms with Gasteiger partial charge in [0.25, 0.3) is 0 Å². The summed E-state index contributed by atoms with van der Waals surface area (Å²) in [6.45, 7) is 0. The van der Waals surface area contributed by atoms with Gasteiger partial charge in [0.2, 0.25) is 0 Å². The van der Waals surface area contributed by atoms with Crippen molar-refractivity contribution in [2.45, 2.75) is 0 Å². The van der Waals surface area contributed by atoms with E-state index in [-0.39, 0.29) is 50.5 Å². The molecule has 0 atom stereocenters. The minimum absolute atomic E-state index is 0. The molecule has 0 N–H and O–H groups in total. The van der Waals surface area contributed by atoms with Crippen LogP contribution in [0.3, 0.4) is 0 Å². The van der Waals surface area contributed by atoms with E-state index < -0.39 is 0 Å². The van der Waals surface area contributed by atoms with Crippen molar-refractivity contribution in [3.05, 3.63) is 35.3 Å². The molecule has 0 spiro atoms. The summed E-state index contributed by atoms with van der Waals surface area (Å²) in [6.07, 6.45) is 5.26. The molecule has 2 aromatic heterocycles. The molecule has 0 aliphatic rings. The Bertz CT molecular complexity index is 166. The molecule has 0 aliphatic heterocycles. The van der Waals surface area contributed by atoms with E-state index in [9.17, 15) is 0 Å². The molecule has 0 aromatic carbocycles. The monoisotopic (exact) mass is 384 g/mol. The molecule has 0 saturated carbocycles. The van der Waals surface area contributed by atoms with E-state index in [2.05, 4.69) is 21.1 Å². The largest absolute Gasteiger partial charge is 2.00 e. The van der Waals surface area contributed by atoms with Crippen LogP contribution in [0.4, 0.5) is 0 Å². The Balaban J connectivity index is -0.000000125. The summed E-state index contributed by atoms with van der Waals surface area (Å²) in [5.41, 5.74) is 0. The average molecular weight is 387 g/mol. The summed E-state index contributed by atoms with van der Waals surface area (Å²) >= 11 is 2.81. The molecule has 2 rings (SSSR count). The second kappa shape index (κ2) is 15.2. The zero-order chi connectivity index (χ0) is 7.07. The maximum absolute atomic E-state index is 3.64. The Morgan fingerprint density at radius 3 is 1.31 bits per heavy atom. The molecule has 0 unspecified atom stereocenters. The van der Waals surface area contributed by atoms with Crippen LogP contribution < -0.4 is 34.0 Å². The molecule has 7 heteroatoms. The van der Waals surface area contributed by atoms with E-state index in [1.807, 2.05) is 10.8 Å². The summed E-state index contributed by atoms with van der Waals surface area (Å²) in [5, 5.41) is 3.75. The zero-order valence-corrected chi connectivity index (χ0v) is 11.9.